The largest absolute Gasteiger partial charge is 0.494 e. The number of azo groups is 1. The average Bonchev–Trinajstić information content (AvgIpc) is 2.79. The van der Waals surface area contributed by atoms with Crippen LogP contribution in [0.1, 0.15) is 83.1 Å². The Hall–Kier alpha value is -2.16. The van der Waals surface area contributed by atoms with Gasteiger partial charge in [0.1, 0.15) is 5.75 Å². The zero-order valence-corrected chi connectivity index (χ0v) is 18.8. The SMILES string of the molecule is [CH2]CCCCCCCCCCOc1ccc(N=Nc2ccc(CCCC)cc2)cc1. The van der Waals surface area contributed by atoms with E-state index in [2.05, 4.69) is 36.2 Å². The third-order valence-corrected chi connectivity index (χ3v) is 5.29. The molecule has 30 heavy (non-hydrogen) atoms. The maximum atomic E-state index is 5.85. The second-order valence-electron chi connectivity index (χ2n) is 7.99. The van der Waals surface area contributed by atoms with Crippen molar-refractivity contribution in [2.45, 2.75) is 84.0 Å². The van der Waals surface area contributed by atoms with Crippen molar-refractivity contribution in [2.24, 2.45) is 10.2 Å². The molecule has 0 amide bonds. The molecule has 0 aromatic heterocycles. The van der Waals surface area contributed by atoms with Gasteiger partial charge in [-0.05, 0) is 61.2 Å². The smallest absolute Gasteiger partial charge is 0.119 e. The second kappa shape index (κ2) is 15.6. The van der Waals surface area contributed by atoms with E-state index >= 15 is 0 Å². The van der Waals surface area contributed by atoms with Crippen molar-refractivity contribution >= 4 is 11.4 Å². The summed E-state index contributed by atoms with van der Waals surface area (Å²) in [6.07, 6.45) is 15.0. The number of hydrogen-bond acceptors (Lipinski definition) is 3. The number of hydrogen-bond donors (Lipinski definition) is 0. The van der Waals surface area contributed by atoms with Crippen LogP contribution in [0.3, 0.4) is 0 Å². The quantitative estimate of drug-likeness (QED) is 0.202. The molecule has 0 unspecified atom stereocenters. The number of aryl methyl sites for hydroxylation is 1. The Labute approximate surface area is 184 Å². The van der Waals surface area contributed by atoms with E-state index in [1.54, 1.807) is 0 Å². The van der Waals surface area contributed by atoms with Crippen molar-refractivity contribution in [3.05, 3.63) is 61.0 Å². The van der Waals surface area contributed by atoms with E-state index in [0.717, 1.165) is 43.0 Å². The summed E-state index contributed by atoms with van der Waals surface area (Å²) >= 11 is 0. The fourth-order valence-electron chi connectivity index (χ4n) is 3.36. The Balaban J connectivity index is 1.61. The zero-order valence-electron chi connectivity index (χ0n) is 18.8. The molecule has 0 saturated heterocycles. The molecule has 163 valence electrons. The van der Waals surface area contributed by atoms with E-state index in [4.69, 9.17) is 4.74 Å². The van der Waals surface area contributed by atoms with Gasteiger partial charge in [0.15, 0.2) is 0 Å². The van der Waals surface area contributed by atoms with Gasteiger partial charge in [-0.15, -0.1) is 0 Å². The first-order chi connectivity index (χ1) is 14.8. The van der Waals surface area contributed by atoms with Crippen molar-refractivity contribution in [3.8, 4) is 5.75 Å². The van der Waals surface area contributed by atoms with E-state index in [1.807, 2.05) is 36.4 Å². The van der Waals surface area contributed by atoms with Crippen molar-refractivity contribution in [1.29, 1.82) is 0 Å². The van der Waals surface area contributed by atoms with Crippen molar-refractivity contribution in [3.63, 3.8) is 0 Å². The highest BCUT2D eigenvalue weighted by Gasteiger charge is 1.97. The van der Waals surface area contributed by atoms with Crippen LogP contribution in [0.25, 0.3) is 0 Å². The van der Waals surface area contributed by atoms with Gasteiger partial charge in [-0.25, -0.2) is 0 Å². The second-order valence-corrected chi connectivity index (χ2v) is 7.99. The Morgan fingerprint density at radius 3 is 1.77 bits per heavy atom. The van der Waals surface area contributed by atoms with Gasteiger partial charge in [0.05, 0.1) is 18.0 Å². The predicted molar refractivity (Wildman–Crippen MR) is 128 cm³/mol. The molecule has 0 bridgehead atoms. The van der Waals surface area contributed by atoms with Crippen molar-refractivity contribution in [1.82, 2.24) is 0 Å². The van der Waals surface area contributed by atoms with Gasteiger partial charge in [-0.3, -0.25) is 0 Å². The molecule has 0 atom stereocenters. The van der Waals surface area contributed by atoms with Gasteiger partial charge >= 0.3 is 0 Å². The molecule has 0 N–H and O–H groups in total. The lowest BCUT2D eigenvalue weighted by atomic mass is 10.1. The summed E-state index contributed by atoms with van der Waals surface area (Å²) in [5, 5.41) is 8.67. The van der Waals surface area contributed by atoms with Crippen LogP contribution in [0.5, 0.6) is 5.75 Å². The van der Waals surface area contributed by atoms with E-state index in [1.165, 1.54) is 63.4 Å². The highest BCUT2D eigenvalue weighted by Crippen LogP contribution is 2.22. The average molecular weight is 408 g/mol. The maximum absolute atomic E-state index is 5.85. The predicted octanol–water partition coefficient (Wildman–Crippen LogP) is 9.17. The van der Waals surface area contributed by atoms with E-state index in [0.29, 0.717) is 0 Å². The number of unbranched alkanes of at least 4 members (excludes halogenated alkanes) is 9. The molecular weight excluding hydrogens is 368 g/mol. The molecule has 0 aliphatic rings. The summed E-state index contributed by atoms with van der Waals surface area (Å²) in [4.78, 5) is 0. The summed E-state index contributed by atoms with van der Waals surface area (Å²) in [5.41, 5.74) is 3.09. The molecule has 2 aromatic rings. The first-order valence-electron chi connectivity index (χ1n) is 11.8. The summed E-state index contributed by atoms with van der Waals surface area (Å²) in [5.74, 6) is 0.905. The lowest BCUT2D eigenvalue weighted by molar-refractivity contribution is 0.304. The molecule has 0 fully saturated rings. The molecule has 3 heteroatoms. The Morgan fingerprint density at radius 1 is 0.667 bits per heavy atom. The lowest BCUT2D eigenvalue weighted by Gasteiger charge is -2.06. The van der Waals surface area contributed by atoms with E-state index in [9.17, 15) is 0 Å². The summed E-state index contributed by atoms with van der Waals surface area (Å²) < 4.78 is 5.85. The highest BCUT2D eigenvalue weighted by molar-refractivity contribution is 5.43. The minimum Gasteiger partial charge on any atom is -0.494 e. The monoisotopic (exact) mass is 407 g/mol. The van der Waals surface area contributed by atoms with Crippen LogP contribution in [0.15, 0.2) is 58.8 Å². The minimum atomic E-state index is 0.784. The fourth-order valence-corrected chi connectivity index (χ4v) is 3.36. The molecule has 3 nitrogen and oxygen atoms in total. The first kappa shape index (κ1) is 24.1. The normalized spacial score (nSPS) is 11.3. The molecule has 0 saturated carbocycles. The zero-order chi connectivity index (χ0) is 21.3. The highest BCUT2D eigenvalue weighted by atomic mass is 16.5. The number of nitrogens with zero attached hydrogens (tertiary/aromatic N) is 2. The van der Waals surface area contributed by atoms with Gasteiger partial charge < -0.3 is 4.74 Å². The van der Waals surface area contributed by atoms with Crippen LogP contribution in [0, 0.1) is 6.92 Å². The summed E-state index contributed by atoms with van der Waals surface area (Å²) in [7, 11) is 0. The van der Waals surface area contributed by atoms with Crippen LogP contribution < -0.4 is 4.74 Å². The Morgan fingerprint density at radius 2 is 1.20 bits per heavy atom. The lowest BCUT2D eigenvalue weighted by Crippen LogP contribution is -1.96. The van der Waals surface area contributed by atoms with Gasteiger partial charge in [-0.1, -0.05) is 83.8 Å². The van der Waals surface area contributed by atoms with E-state index in [-0.39, 0.29) is 0 Å². The maximum Gasteiger partial charge on any atom is 0.119 e. The topological polar surface area (TPSA) is 34.0 Å². The number of rotatable bonds is 16. The van der Waals surface area contributed by atoms with Gasteiger partial charge in [0.25, 0.3) is 0 Å². The molecule has 0 heterocycles. The molecule has 2 rings (SSSR count). The van der Waals surface area contributed by atoms with Gasteiger partial charge in [0, 0.05) is 0 Å². The molecule has 2 aromatic carbocycles. The molecule has 0 aliphatic carbocycles. The van der Waals surface area contributed by atoms with Crippen LogP contribution >= 0.6 is 0 Å². The van der Waals surface area contributed by atoms with Gasteiger partial charge in [0.2, 0.25) is 0 Å². The minimum absolute atomic E-state index is 0.784. The fraction of sp³-hybridized carbons (Fsp3) is 0.519. The summed E-state index contributed by atoms with van der Waals surface area (Å²) in [6, 6.07) is 16.2. The summed E-state index contributed by atoms with van der Waals surface area (Å²) in [6.45, 7) is 6.89. The molecular formula is C27H39N2O. The van der Waals surface area contributed by atoms with Crippen LogP contribution in [-0.4, -0.2) is 6.61 Å². The third-order valence-electron chi connectivity index (χ3n) is 5.29. The standard InChI is InChI=1S/C27H39N2O/c1-3-5-7-8-9-10-11-12-13-23-30-27-21-19-26(20-22-27)29-28-25-17-15-24(16-18-25)14-6-4-2/h15-22H,1,3-14,23H2,2H3. The first-order valence-corrected chi connectivity index (χ1v) is 11.8. The number of benzene rings is 2. The third kappa shape index (κ3) is 10.6. The number of ether oxygens (including phenoxy) is 1. The van der Waals surface area contributed by atoms with Crippen LogP contribution in [0.4, 0.5) is 11.4 Å². The van der Waals surface area contributed by atoms with E-state index < -0.39 is 0 Å². The Bertz CT molecular complexity index is 692. The molecule has 0 aliphatic heterocycles. The Kier molecular flexibility index (Phi) is 12.6. The van der Waals surface area contributed by atoms with Gasteiger partial charge in [-0.2, -0.15) is 10.2 Å². The van der Waals surface area contributed by atoms with Crippen LogP contribution in [-0.2, 0) is 6.42 Å². The molecule has 0 spiro atoms. The van der Waals surface area contributed by atoms with Crippen molar-refractivity contribution in [2.75, 3.05) is 6.61 Å². The molecule has 1 radical (unpaired) electrons. The van der Waals surface area contributed by atoms with Crippen LogP contribution in [0.2, 0.25) is 0 Å². The van der Waals surface area contributed by atoms with Crippen molar-refractivity contribution < 1.29 is 4.74 Å².